The fourth-order valence-electron chi connectivity index (χ4n) is 1.94. The maximum absolute atomic E-state index is 11.8. The first-order chi connectivity index (χ1) is 8.25. The van der Waals surface area contributed by atoms with E-state index in [1.807, 2.05) is 24.3 Å². The Morgan fingerprint density at radius 3 is 2.94 bits per heavy atom. The number of halogens is 1. The molecule has 1 atom stereocenters. The summed E-state index contributed by atoms with van der Waals surface area (Å²) < 4.78 is 6.44. The molecule has 0 spiro atoms. The van der Waals surface area contributed by atoms with Gasteiger partial charge in [-0.05, 0) is 47.3 Å². The molecule has 1 amide bonds. The smallest absolute Gasteiger partial charge is 0.227 e. The zero-order chi connectivity index (χ0) is 12.1. The normalized spacial score (nSPS) is 19.9. The number of para-hydroxylation sites is 1. The first-order valence-electron chi connectivity index (χ1n) is 5.91. The van der Waals surface area contributed by atoms with Crippen molar-refractivity contribution in [1.29, 1.82) is 0 Å². The summed E-state index contributed by atoms with van der Waals surface area (Å²) >= 11 is 3.40. The average molecular weight is 298 g/mol. The number of carbonyl (C=O) groups is 1. The van der Waals surface area contributed by atoms with Crippen LogP contribution in [0.5, 0.6) is 0 Å². The third-order valence-corrected chi connectivity index (χ3v) is 3.53. The van der Waals surface area contributed by atoms with E-state index in [2.05, 4.69) is 21.2 Å². The maximum atomic E-state index is 11.8. The molecule has 1 aromatic carbocycles. The molecule has 4 heteroatoms. The fraction of sp³-hybridized carbons (Fsp3) is 0.462. The minimum atomic E-state index is 0.0174. The third kappa shape index (κ3) is 3.82. The lowest BCUT2D eigenvalue weighted by molar-refractivity contribution is -0.119. The van der Waals surface area contributed by atoms with Gasteiger partial charge in [-0.2, -0.15) is 0 Å². The van der Waals surface area contributed by atoms with E-state index >= 15 is 0 Å². The van der Waals surface area contributed by atoms with E-state index in [9.17, 15) is 4.79 Å². The molecule has 1 aliphatic rings. The Morgan fingerprint density at radius 1 is 1.41 bits per heavy atom. The first kappa shape index (κ1) is 12.6. The third-order valence-electron chi connectivity index (χ3n) is 2.84. The molecule has 0 aliphatic carbocycles. The molecule has 1 saturated heterocycles. The molecule has 17 heavy (non-hydrogen) atoms. The quantitative estimate of drug-likeness (QED) is 0.929. The molecule has 92 valence electrons. The van der Waals surface area contributed by atoms with Gasteiger partial charge in [0.05, 0.1) is 18.2 Å². The number of benzene rings is 1. The standard InChI is InChI=1S/C13H16BrNO2/c14-11-6-1-2-7-12(11)15-13(16)9-10-5-3-4-8-17-10/h1-2,6-7,10H,3-5,8-9H2,(H,15,16). The lowest BCUT2D eigenvalue weighted by Gasteiger charge is -2.22. The summed E-state index contributed by atoms with van der Waals surface area (Å²) in [5.41, 5.74) is 0.813. The molecular weight excluding hydrogens is 282 g/mol. The van der Waals surface area contributed by atoms with Gasteiger partial charge in [-0.25, -0.2) is 0 Å². The number of ether oxygens (including phenoxy) is 1. The SMILES string of the molecule is O=C(CC1CCCCO1)Nc1ccccc1Br. The Morgan fingerprint density at radius 2 is 2.24 bits per heavy atom. The number of hydrogen-bond donors (Lipinski definition) is 1. The van der Waals surface area contributed by atoms with Crippen LogP contribution < -0.4 is 5.32 Å². The van der Waals surface area contributed by atoms with Crippen molar-refractivity contribution >= 4 is 27.5 Å². The van der Waals surface area contributed by atoms with Crippen molar-refractivity contribution in [3.8, 4) is 0 Å². The predicted molar refractivity (Wildman–Crippen MR) is 71.0 cm³/mol. The first-order valence-corrected chi connectivity index (χ1v) is 6.71. The van der Waals surface area contributed by atoms with Crippen LogP contribution in [0.25, 0.3) is 0 Å². The van der Waals surface area contributed by atoms with Crippen molar-refractivity contribution in [2.24, 2.45) is 0 Å². The molecule has 2 rings (SSSR count). The molecule has 1 N–H and O–H groups in total. The summed E-state index contributed by atoms with van der Waals surface area (Å²) in [4.78, 5) is 11.8. The van der Waals surface area contributed by atoms with Gasteiger partial charge in [0.2, 0.25) is 5.91 Å². The molecule has 1 unspecified atom stereocenters. The van der Waals surface area contributed by atoms with Crippen molar-refractivity contribution < 1.29 is 9.53 Å². The molecule has 1 fully saturated rings. The molecule has 0 aromatic heterocycles. The second-order valence-corrected chi connectivity index (χ2v) is 5.08. The molecule has 1 aliphatic heterocycles. The van der Waals surface area contributed by atoms with Crippen LogP contribution in [0.1, 0.15) is 25.7 Å². The van der Waals surface area contributed by atoms with Gasteiger partial charge in [0.1, 0.15) is 0 Å². The molecule has 1 aromatic rings. The summed E-state index contributed by atoms with van der Waals surface area (Å²) in [5, 5.41) is 2.89. The Balaban J connectivity index is 1.86. The highest BCUT2D eigenvalue weighted by molar-refractivity contribution is 9.10. The van der Waals surface area contributed by atoms with Gasteiger partial charge in [0, 0.05) is 11.1 Å². The molecule has 0 radical (unpaired) electrons. The van der Waals surface area contributed by atoms with Gasteiger partial charge in [0.15, 0.2) is 0 Å². The lowest BCUT2D eigenvalue weighted by atomic mass is 10.1. The monoisotopic (exact) mass is 297 g/mol. The fourth-order valence-corrected chi connectivity index (χ4v) is 2.32. The molecule has 3 nitrogen and oxygen atoms in total. The molecule has 0 bridgehead atoms. The zero-order valence-corrected chi connectivity index (χ0v) is 11.2. The van der Waals surface area contributed by atoms with Crippen molar-refractivity contribution in [2.45, 2.75) is 31.8 Å². The van der Waals surface area contributed by atoms with Crippen LogP contribution in [0, 0.1) is 0 Å². The van der Waals surface area contributed by atoms with E-state index < -0.39 is 0 Å². The highest BCUT2D eigenvalue weighted by Crippen LogP contribution is 2.22. The van der Waals surface area contributed by atoms with Crippen LogP contribution >= 0.6 is 15.9 Å². The van der Waals surface area contributed by atoms with Gasteiger partial charge >= 0.3 is 0 Å². The van der Waals surface area contributed by atoms with E-state index in [-0.39, 0.29) is 12.0 Å². The lowest BCUT2D eigenvalue weighted by Crippen LogP contribution is -2.25. The van der Waals surface area contributed by atoms with Crippen LogP contribution in [0.4, 0.5) is 5.69 Å². The zero-order valence-electron chi connectivity index (χ0n) is 9.62. The number of rotatable bonds is 3. The molecule has 1 heterocycles. The van der Waals surface area contributed by atoms with Gasteiger partial charge in [-0.3, -0.25) is 4.79 Å². The summed E-state index contributed by atoms with van der Waals surface area (Å²) in [6, 6.07) is 7.61. The number of carbonyl (C=O) groups excluding carboxylic acids is 1. The Kier molecular flexibility index (Phi) is 4.57. The van der Waals surface area contributed by atoms with Crippen molar-refractivity contribution in [1.82, 2.24) is 0 Å². The van der Waals surface area contributed by atoms with Crippen LogP contribution in [0.2, 0.25) is 0 Å². The Hall–Kier alpha value is -0.870. The van der Waals surface area contributed by atoms with Crippen LogP contribution in [-0.2, 0) is 9.53 Å². The van der Waals surface area contributed by atoms with Crippen LogP contribution in [0.3, 0.4) is 0 Å². The van der Waals surface area contributed by atoms with Gasteiger partial charge < -0.3 is 10.1 Å². The minimum absolute atomic E-state index is 0.0174. The topological polar surface area (TPSA) is 38.3 Å². The summed E-state index contributed by atoms with van der Waals surface area (Å²) in [6.07, 6.45) is 3.80. The summed E-state index contributed by atoms with van der Waals surface area (Å²) in [5.74, 6) is 0.0174. The van der Waals surface area contributed by atoms with Gasteiger partial charge in [-0.1, -0.05) is 12.1 Å². The molecular formula is C13H16BrNO2. The van der Waals surface area contributed by atoms with Crippen molar-refractivity contribution in [3.05, 3.63) is 28.7 Å². The number of anilines is 1. The van der Waals surface area contributed by atoms with E-state index in [4.69, 9.17) is 4.74 Å². The highest BCUT2D eigenvalue weighted by Gasteiger charge is 2.17. The largest absolute Gasteiger partial charge is 0.378 e. The van der Waals surface area contributed by atoms with E-state index in [0.29, 0.717) is 6.42 Å². The number of hydrogen-bond acceptors (Lipinski definition) is 2. The maximum Gasteiger partial charge on any atom is 0.227 e. The van der Waals surface area contributed by atoms with E-state index in [1.165, 1.54) is 0 Å². The second-order valence-electron chi connectivity index (χ2n) is 4.22. The summed E-state index contributed by atoms with van der Waals surface area (Å²) in [7, 11) is 0. The Bertz CT molecular complexity index is 389. The summed E-state index contributed by atoms with van der Waals surface area (Å²) in [6.45, 7) is 0.785. The predicted octanol–water partition coefficient (Wildman–Crippen LogP) is 3.35. The van der Waals surface area contributed by atoms with Crippen LogP contribution in [-0.4, -0.2) is 18.6 Å². The van der Waals surface area contributed by atoms with Crippen LogP contribution in [0.15, 0.2) is 28.7 Å². The Labute approximate surface area is 110 Å². The van der Waals surface area contributed by atoms with E-state index in [1.54, 1.807) is 0 Å². The van der Waals surface area contributed by atoms with Gasteiger partial charge in [0.25, 0.3) is 0 Å². The minimum Gasteiger partial charge on any atom is -0.378 e. The number of nitrogens with one attached hydrogen (secondary N) is 1. The molecule has 0 saturated carbocycles. The van der Waals surface area contributed by atoms with Gasteiger partial charge in [-0.15, -0.1) is 0 Å². The number of amides is 1. The highest BCUT2D eigenvalue weighted by atomic mass is 79.9. The second kappa shape index (κ2) is 6.17. The average Bonchev–Trinajstić information content (AvgIpc) is 2.33. The van der Waals surface area contributed by atoms with Crippen molar-refractivity contribution in [2.75, 3.05) is 11.9 Å². The van der Waals surface area contributed by atoms with Crippen molar-refractivity contribution in [3.63, 3.8) is 0 Å². The van der Waals surface area contributed by atoms with E-state index in [0.717, 1.165) is 36.0 Å².